The van der Waals surface area contributed by atoms with Crippen LogP contribution >= 0.6 is 0 Å². The molecule has 0 aliphatic rings. The lowest BCUT2D eigenvalue weighted by atomic mass is 10.1. The zero-order chi connectivity index (χ0) is 18.2. The maximum atomic E-state index is 12.5. The minimum atomic E-state index is -0.241. The van der Waals surface area contributed by atoms with Crippen molar-refractivity contribution < 1.29 is 19.0 Å². The van der Waals surface area contributed by atoms with Gasteiger partial charge in [-0.15, -0.1) is 0 Å². The van der Waals surface area contributed by atoms with E-state index < -0.39 is 0 Å². The molecule has 5 heteroatoms. The van der Waals surface area contributed by atoms with Gasteiger partial charge in [-0.1, -0.05) is 12.7 Å². The lowest BCUT2D eigenvalue weighted by molar-refractivity contribution is 0.0939. The third kappa shape index (κ3) is 4.76. The molecule has 0 aliphatic carbocycles. The molecule has 5 nitrogen and oxygen atoms in total. The first-order valence-corrected chi connectivity index (χ1v) is 7.95. The average molecular weight is 341 g/mol. The van der Waals surface area contributed by atoms with Crippen molar-refractivity contribution in [2.24, 2.45) is 0 Å². The number of hydrogen-bond donors (Lipinski definition) is 1. The molecular weight excluding hydrogens is 318 g/mol. The van der Waals surface area contributed by atoms with Crippen LogP contribution in [0.15, 0.2) is 55.1 Å². The van der Waals surface area contributed by atoms with Crippen LogP contribution < -0.4 is 19.5 Å². The predicted molar refractivity (Wildman–Crippen MR) is 97.6 cm³/mol. The van der Waals surface area contributed by atoms with Gasteiger partial charge in [-0.3, -0.25) is 4.79 Å². The molecule has 0 unspecified atom stereocenters. The molecule has 2 aromatic carbocycles. The maximum absolute atomic E-state index is 12.5. The van der Waals surface area contributed by atoms with Gasteiger partial charge in [0.25, 0.3) is 5.91 Å². The molecule has 0 spiro atoms. The molecule has 0 saturated heterocycles. The normalized spacial score (nSPS) is 11.3. The van der Waals surface area contributed by atoms with Gasteiger partial charge in [0.1, 0.15) is 23.9 Å². The fraction of sp³-hybridized carbons (Fsp3) is 0.250. The zero-order valence-electron chi connectivity index (χ0n) is 14.7. The lowest BCUT2D eigenvalue weighted by Crippen LogP contribution is -2.26. The Hall–Kier alpha value is -2.95. The second-order valence-electron chi connectivity index (χ2n) is 5.43. The van der Waals surface area contributed by atoms with Crippen LogP contribution in [0.2, 0.25) is 0 Å². The van der Waals surface area contributed by atoms with E-state index in [-0.39, 0.29) is 11.9 Å². The summed E-state index contributed by atoms with van der Waals surface area (Å²) in [6.45, 7) is 5.93. The first-order valence-electron chi connectivity index (χ1n) is 7.95. The third-order valence-corrected chi connectivity index (χ3v) is 3.74. The Labute approximate surface area is 148 Å². The molecule has 1 amide bonds. The molecule has 0 bridgehead atoms. The van der Waals surface area contributed by atoms with E-state index >= 15 is 0 Å². The molecule has 0 saturated carbocycles. The van der Waals surface area contributed by atoms with Crippen molar-refractivity contribution in [1.82, 2.24) is 5.32 Å². The molecule has 0 radical (unpaired) electrons. The molecule has 0 aliphatic heterocycles. The summed E-state index contributed by atoms with van der Waals surface area (Å²) >= 11 is 0. The van der Waals surface area contributed by atoms with Gasteiger partial charge in [-0.05, 0) is 49.4 Å². The van der Waals surface area contributed by atoms with Gasteiger partial charge in [0.2, 0.25) is 0 Å². The third-order valence-electron chi connectivity index (χ3n) is 3.74. The SMILES string of the molecule is C=CCOc1ccc(C(=O)N[C@H](C)c2cc(OC)ccc2OC)cc1. The van der Waals surface area contributed by atoms with Crippen LogP contribution in [0.4, 0.5) is 0 Å². The molecular formula is C20H23NO4. The van der Waals surface area contributed by atoms with Crippen molar-refractivity contribution in [2.75, 3.05) is 20.8 Å². The van der Waals surface area contributed by atoms with Crippen molar-refractivity contribution in [3.63, 3.8) is 0 Å². The Morgan fingerprint density at radius 2 is 1.80 bits per heavy atom. The highest BCUT2D eigenvalue weighted by atomic mass is 16.5. The maximum Gasteiger partial charge on any atom is 0.251 e. The van der Waals surface area contributed by atoms with Crippen molar-refractivity contribution in [2.45, 2.75) is 13.0 Å². The number of carbonyl (C=O) groups is 1. The average Bonchev–Trinajstić information content (AvgIpc) is 2.66. The monoisotopic (exact) mass is 341 g/mol. The van der Waals surface area contributed by atoms with E-state index in [2.05, 4.69) is 11.9 Å². The molecule has 1 atom stereocenters. The lowest BCUT2D eigenvalue weighted by Gasteiger charge is -2.18. The molecule has 0 aromatic heterocycles. The highest BCUT2D eigenvalue weighted by molar-refractivity contribution is 5.94. The number of ether oxygens (including phenoxy) is 3. The van der Waals surface area contributed by atoms with Gasteiger partial charge in [0.15, 0.2) is 0 Å². The van der Waals surface area contributed by atoms with Crippen LogP contribution in [-0.4, -0.2) is 26.7 Å². The smallest absolute Gasteiger partial charge is 0.251 e. The van der Waals surface area contributed by atoms with Gasteiger partial charge in [-0.2, -0.15) is 0 Å². The van der Waals surface area contributed by atoms with Crippen molar-refractivity contribution in [3.8, 4) is 17.2 Å². The molecule has 132 valence electrons. The number of amides is 1. The summed E-state index contributed by atoms with van der Waals surface area (Å²) in [6, 6.07) is 12.2. The minimum absolute atomic E-state index is 0.173. The van der Waals surface area contributed by atoms with E-state index in [0.29, 0.717) is 29.4 Å². The number of carbonyl (C=O) groups excluding carboxylic acids is 1. The Kier molecular flexibility index (Phi) is 6.46. The van der Waals surface area contributed by atoms with Crippen molar-refractivity contribution in [3.05, 3.63) is 66.2 Å². The van der Waals surface area contributed by atoms with Gasteiger partial charge in [-0.25, -0.2) is 0 Å². The molecule has 0 heterocycles. The van der Waals surface area contributed by atoms with E-state index in [4.69, 9.17) is 14.2 Å². The molecule has 1 N–H and O–H groups in total. The van der Waals surface area contributed by atoms with Crippen LogP contribution in [0, 0.1) is 0 Å². The Morgan fingerprint density at radius 3 is 2.40 bits per heavy atom. The fourth-order valence-corrected chi connectivity index (χ4v) is 2.39. The first kappa shape index (κ1) is 18.4. The second-order valence-corrected chi connectivity index (χ2v) is 5.43. The number of benzene rings is 2. The van der Waals surface area contributed by atoms with Crippen molar-refractivity contribution >= 4 is 5.91 Å². The summed E-state index contributed by atoms with van der Waals surface area (Å²) in [7, 11) is 3.20. The van der Waals surface area contributed by atoms with E-state index in [1.54, 1.807) is 44.6 Å². The van der Waals surface area contributed by atoms with Crippen LogP contribution in [0.3, 0.4) is 0 Å². The van der Waals surface area contributed by atoms with Gasteiger partial charge >= 0.3 is 0 Å². The van der Waals surface area contributed by atoms with Crippen LogP contribution in [0.25, 0.3) is 0 Å². The van der Waals surface area contributed by atoms with E-state index in [1.165, 1.54) is 0 Å². The summed E-state index contributed by atoms with van der Waals surface area (Å²) in [4.78, 5) is 12.5. The van der Waals surface area contributed by atoms with Gasteiger partial charge in [0, 0.05) is 11.1 Å². The standard InChI is InChI=1S/C20H23NO4/c1-5-12-25-16-8-6-15(7-9-16)20(22)21-14(2)18-13-17(23-3)10-11-19(18)24-4/h5-11,13-14H,1,12H2,2-4H3,(H,21,22)/t14-/m1/s1. The van der Waals surface area contributed by atoms with Crippen LogP contribution in [0.5, 0.6) is 17.2 Å². The zero-order valence-corrected chi connectivity index (χ0v) is 14.7. The highest BCUT2D eigenvalue weighted by Gasteiger charge is 2.16. The summed E-state index contributed by atoms with van der Waals surface area (Å²) in [5, 5.41) is 2.97. The second kappa shape index (κ2) is 8.78. The Bertz CT molecular complexity index is 725. The van der Waals surface area contributed by atoms with Gasteiger partial charge < -0.3 is 19.5 Å². The largest absolute Gasteiger partial charge is 0.497 e. The quantitative estimate of drug-likeness (QED) is 0.743. The van der Waals surface area contributed by atoms with Crippen LogP contribution in [-0.2, 0) is 0 Å². The predicted octanol–water partition coefficient (Wildman–Crippen LogP) is 3.76. The van der Waals surface area contributed by atoms with Crippen LogP contribution in [0.1, 0.15) is 28.9 Å². The summed E-state index contributed by atoms with van der Waals surface area (Å²) in [5.74, 6) is 1.92. The summed E-state index contributed by atoms with van der Waals surface area (Å²) < 4.78 is 16.0. The fourth-order valence-electron chi connectivity index (χ4n) is 2.39. The Balaban J connectivity index is 2.10. The van der Waals surface area contributed by atoms with E-state index in [1.807, 2.05) is 25.1 Å². The number of hydrogen-bond acceptors (Lipinski definition) is 4. The van der Waals surface area contributed by atoms with E-state index in [9.17, 15) is 4.79 Å². The topological polar surface area (TPSA) is 56.8 Å². The molecule has 2 rings (SSSR count). The Morgan fingerprint density at radius 1 is 1.12 bits per heavy atom. The number of methoxy groups -OCH3 is 2. The van der Waals surface area contributed by atoms with Crippen molar-refractivity contribution in [1.29, 1.82) is 0 Å². The highest BCUT2D eigenvalue weighted by Crippen LogP contribution is 2.29. The molecule has 0 fully saturated rings. The number of rotatable bonds is 8. The summed E-state index contributed by atoms with van der Waals surface area (Å²) in [6.07, 6.45) is 1.67. The van der Waals surface area contributed by atoms with E-state index in [0.717, 1.165) is 5.56 Å². The van der Waals surface area contributed by atoms with Gasteiger partial charge in [0.05, 0.1) is 20.3 Å². The minimum Gasteiger partial charge on any atom is -0.497 e. The first-order chi connectivity index (χ1) is 12.1. The molecule has 25 heavy (non-hydrogen) atoms. The molecule has 2 aromatic rings. The number of nitrogens with one attached hydrogen (secondary N) is 1. The summed E-state index contributed by atoms with van der Waals surface area (Å²) in [5.41, 5.74) is 1.40.